The second-order valence-corrected chi connectivity index (χ2v) is 7.73. The Morgan fingerprint density at radius 2 is 2.12 bits per heavy atom. The number of sulfonamides is 1. The maximum Gasteiger partial charge on any atom is 0.248 e. The van der Waals surface area contributed by atoms with Crippen LogP contribution in [0.5, 0.6) is 0 Å². The molecule has 26 heavy (non-hydrogen) atoms. The molecule has 1 atom stereocenters. The molecule has 2 aromatic rings. The molecule has 3 N–H and O–H groups in total. The zero-order chi connectivity index (χ0) is 18.9. The fourth-order valence-corrected chi connectivity index (χ4v) is 4.18. The summed E-state index contributed by atoms with van der Waals surface area (Å²) in [6.07, 6.45) is 2.61. The zero-order valence-corrected chi connectivity index (χ0v) is 14.9. The lowest BCUT2D eigenvalue weighted by Gasteiger charge is -2.32. The van der Waals surface area contributed by atoms with Crippen molar-refractivity contribution < 1.29 is 18.0 Å². The summed E-state index contributed by atoms with van der Waals surface area (Å²) in [6.45, 7) is 0.494. The SMILES string of the molecule is Cn1nccc1N1CCC[C@@H](NS(=O)(=O)c2cccc(C(N)=O)c2)C1=O. The van der Waals surface area contributed by atoms with Gasteiger partial charge in [-0.15, -0.1) is 0 Å². The number of hydrogen-bond donors (Lipinski definition) is 2. The van der Waals surface area contributed by atoms with Crippen molar-refractivity contribution in [3.8, 4) is 0 Å². The molecule has 0 unspecified atom stereocenters. The van der Waals surface area contributed by atoms with Crippen molar-refractivity contribution in [2.45, 2.75) is 23.8 Å². The first-order chi connectivity index (χ1) is 12.3. The van der Waals surface area contributed by atoms with Crippen molar-refractivity contribution >= 4 is 27.7 Å². The van der Waals surface area contributed by atoms with Crippen LogP contribution in [0, 0.1) is 0 Å². The van der Waals surface area contributed by atoms with Crippen molar-refractivity contribution in [1.82, 2.24) is 14.5 Å². The summed E-state index contributed by atoms with van der Waals surface area (Å²) in [4.78, 5) is 25.4. The van der Waals surface area contributed by atoms with Gasteiger partial charge in [-0.1, -0.05) is 6.07 Å². The van der Waals surface area contributed by atoms with Gasteiger partial charge in [-0.2, -0.15) is 9.82 Å². The predicted molar refractivity (Wildman–Crippen MR) is 93.9 cm³/mol. The average Bonchev–Trinajstić information content (AvgIpc) is 3.02. The Bertz CT molecular complexity index is 953. The highest BCUT2D eigenvalue weighted by Gasteiger charge is 2.34. The molecule has 1 fully saturated rings. The highest BCUT2D eigenvalue weighted by molar-refractivity contribution is 7.89. The number of nitrogens with zero attached hydrogens (tertiary/aromatic N) is 3. The molecule has 0 saturated carbocycles. The molecule has 10 heteroatoms. The second kappa shape index (κ2) is 6.89. The van der Waals surface area contributed by atoms with Crippen LogP contribution in [0.3, 0.4) is 0 Å². The Balaban J connectivity index is 1.83. The van der Waals surface area contributed by atoms with Crippen molar-refractivity contribution in [3.05, 3.63) is 42.1 Å². The van der Waals surface area contributed by atoms with Crippen molar-refractivity contribution in [2.75, 3.05) is 11.4 Å². The van der Waals surface area contributed by atoms with Crippen LogP contribution >= 0.6 is 0 Å². The Labute approximate surface area is 150 Å². The standard InChI is InChI=1S/C16H19N5O4S/c1-20-14(7-8-18-20)21-9-3-6-13(16(21)23)19-26(24,25)12-5-2-4-11(10-12)15(17)22/h2,4-5,7-8,10,13,19H,3,6,9H2,1H3,(H2,17,22)/t13-/m1/s1. The summed E-state index contributed by atoms with van der Waals surface area (Å²) >= 11 is 0. The molecule has 9 nitrogen and oxygen atoms in total. The predicted octanol–water partition coefficient (Wildman–Crippen LogP) is -0.00710. The van der Waals surface area contributed by atoms with Gasteiger partial charge in [0.1, 0.15) is 11.9 Å². The number of primary amides is 1. The van der Waals surface area contributed by atoms with Gasteiger partial charge in [-0.05, 0) is 31.0 Å². The summed E-state index contributed by atoms with van der Waals surface area (Å²) < 4.78 is 29.3. The van der Waals surface area contributed by atoms with E-state index in [0.717, 1.165) is 0 Å². The van der Waals surface area contributed by atoms with Gasteiger partial charge in [-0.25, -0.2) is 8.42 Å². The molecule has 3 rings (SSSR count). The van der Waals surface area contributed by atoms with Gasteiger partial charge in [0.2, 0.25) is 21.8 Å². The first-order valence-electron chi connectivity index (χ1n) is 8.01. The van der Waals surface area contributed by atoms with Crippen LogP contribution in [-0.2, 0) is 21.9 Å². The van der Waals surface area contributed by atoms with Crippen LogP contribution in [0.1, 0.15) is 23.2 Å². The lowest BCUT2D eigenvalue weighted by atomic mass is 10.1. The van der Waals surface area contributed by atoms with E-state index in [2.05, 4.69) is 9.82 Å². The maximum atomic E-state index is 12.7. The van der Waals surface area contributed by atoms with Gasteiger partial charge >= 0.3 is 0 Å². The topological polar surface area (TPSA) is 127 Å². The van der Waals surface area contributed by atoms with E-state index in [1.807, 2.05) is 0 Å². The van der Waals surface area contributed by atoms with E-state index in [9.17, 15) is 18.0 Å². The summed E-state index contributed by atoms with van der Waals surface area (Å²) in [6, 6.07) is 6.21. The second-order valence-electron chi connectivity index (χ2n) is 6.01. The lowest BCUT2D eigenvalue weighted by Crippen LogP contribution is -2.52. The number of rotatable bonds is 5. The fraction of sp³-hybridized carbons (Fsp3) is 0.312. The number of aromatic nitrogens is 2. The third-order valence-corrected chi connectivity index (χ3v) is 5.71. The fourth-order valence-electron chi connectivity index (χ4n) is 2.92. The largest absolute Gasteiger partial charge is 0.366 e. The molecular weight excluding hydrogens is 358 g/mol. The van der Waals surface area contributed by atoms with Crippen LogP contribution in [0.25, 0.3) is 0 Å². The minimum Gasteiger partial charge on any atom is -0.366 e. The minimum atomic E-state index is -3.98. The third-order valence-electron chi connectivity index (χ3n) is 4.24. The number of piperidine rings is 1. The van der Waals surface area contributed by atoms with E-state index < -0.39 is 22.0 Å². The number of amides is 2. The monoisotopic (exact) mass is 377 g/mol. The molecule has 1 aromatic carbocycles. The number of carbonyl (C=O) groups is 2. The molecule has 0 aliphatic carbocycles. The number of nitrogens with two attached hydrogens (primary N) is 1. The molecule has 2 amide bonds. The summed E-state index contributed by atoms with van der Waals surface area (Å²) in [5.74, 6) is -0.456. The number of benzene rings is 1. The van der Waals surface area contributed by atoms with Crippen LogP contribution in [0.4, 0.5) is 5.82 Å². The van der Waals surface area contributed by atoms with E-state index in [4.69, 9.17) is 5.73 Å². The number of anilines is 1. The van der Waals surface area contributed by atoms with Crippen molar-refractivity contribution in [1.29, 1.82) is 0 Å². The molecular formula is C16H19N5O4S. The van der Waals surface area contributed by atoms with E-state index >= 15 is 0 Å². The number of carbonyl (C=O) groups excluding carboxylic acids is 2. The quantitative estimate of drug-likeness (QED) is 0.758. The number of nitrogens with one attached hydrogen (secondary N) is 1. The molecule has 1 aliphatic rings. The molecule has 0 radical (unpaired) electrons. The Morgan fingerprint density at radius 1 is 1.35 bits per heavy atom. The van der Waals surface area contributed by atoms with Crippen molar-refractivity contribution in [3.63, 3.8) is 0 Å². The van der Waals surface area contributed by atoms with Crippen LogP contribution in [0.2, 0.25) is 0 Å². The molecule has 1 aliphatic heterocycles. The summed E-state index contributed by atoms with van der Waals surface area (Å²) in [5, 5.41) is 4.04. The highest BCUT2D eigenvalue weighted by Crippen LogP contribution is 2.21. The molecule has 0 bridgehead atoms. The minimum absolute atomic E-state index is 0.0827. The van der Waals surface area contributed by atoms with Crippen molar-refractivity contribution in [2.24, 2.45) is 12.8 Å². The van der Waals surface area contributed by atoms with Gasteiger partial charge in [-0.3, -0.25) is 19.2 Å². The van der Waals surface area contributed by atoms with Crippen LogP contribution < -0.4 is 15.4 Å². The van der Waals surface area contributed by atoms with Gasteiger partial charge in [0.15, 0.2) is 0 Å². The van der Waals surface area contributed by atoms with E-state index in [1.54, 1.807) is 24.0 Å². The molecule has 138 valence electrons. The number of hydrogen-bond acceptors (Lipinski definition) is 5. The Hall–Kier alpha value is -2.72. The maximum absolute atomic E-state index is 12.7. The smallest absolute Gasteiger partial charge is 0.248 e. The molecule has 1 aromatic heterocycles. The third kappa shape index (κ3) is 3.46. The zero-order valence-electron chi connectivity index (χ0n) is 14.1. The average molecular weight is 377 g/mol. The van der Waals surface area contributed by atoms with E-state index in [1.165, 1.54) is 29.2 Å². The first kappa shape index (κ1) is 18.1. The molecule has 1 saturated heterocycles. The normalized spacial score (nSPS) is 18.1. The van der Waals surface area contributed by atoms with E-state index in [-0.39, 0.29) is 16.4 Å². The molecule has 2 heterocycles. The Morgan fingerprint density at radius 3 is 2.77 bits per heavy atom. The van der Waals surface area contributed by atoms with Gasteiger partial charge in [0.05, 0.1) is 11.1 Å². The first-order valence-corrected chi connectivity index (χ1v) is 9.49. The van der Waals surface area contributed by atoms with E-state index in [0.29, 0.717) is 25.2 Å². The van der Waals surface area contributed by atoms with Gasteiger partial charge in [0.25, 0.3) is 0 Å². The van der Waals surface area contributed by atoms with Crippen LogP contribution in [0.15, 0.2) is 41.4 Å². The van der Waals surface area contributed by atoms with Crippen LogP contribution in [-0.4, -0.2) is 42.6 Å². The number of aryl methyl sites for hydroxylation is 1. The van der Waals surface area contributed by atoms with Gasteiger partial charge in [0, 0.05) is 25.2 Å². The van der Waals surface area contributed by atoms with Gasteiger partial charge < -0.3 is 5.73 Å². The summed E-state index contributed by atoms with van der Waals surface area (Å²) in [5.41, 5.74) is 5.28. The lowest BCUT2D eigenvalue weighted by molar-refractivity contribution is -0.121. The highest BCUT2D eigenvalue weighted by atomic mass is 32.2. The molecule has 0 spiro atoms. The summed E-state index contributed by atoms with van der Waals surface area (Å²) in [7, 11) is -2.26. The Kier molecular flexibility index (Phi) is 4.79.